The van der Waals surface area contributed by atoms with Gasteiger partial charge in [0.05, 0.1) is 6.10 Å². The highest BCUT2D eigenvalue weighted by Gasteiger charge is 2.26. The number of ether oxygens (including phenoxy) is 1. The summed E-state index contributed by atoms with van der Waals surface area (Å²) in [5.74, 6) is 0.892. The Kier molecular flexibility index (Phi) is 3.73. The van der Waals surface area contributed by atoms with Crippen LogP contribution in [0.5, 0.6) is 0 Å². The van der Waals surface area contributed by atoms with Crippen LogP contribution in [0, 0.1) is 5.92 Å². The molecule has 0 bridgehead atoms. The topological polar surface area (TPSA) is 9.23 Å². The van der Waals surface area contributed by atoms with Crippen LogP contribution in [0.4, 0.5) is 0 Å². The van der Waals surface area contributed by atoms with Gasteiger partial charge >= 0.3 is 0 Å². The first kappa shape index (κ1) is 9.40. The first-order valence-electron chi connectivity index (χ1n) is 4.48. The van der Waals surface area contributed by atoms with E-state index in [0.717, 1.165) is 5.92 Å². The maximum absolute atomic E-state index is 5.32. The first-order valence-corrected chi connectivity index (χ1v) is 5.00. The van der Waals surface area contributed by atoms with Gasteiger partial charge in [-0.05, 0) is 25.2 Å². The number of thiol groups is 1. The van der Waals surface area contributed by atoms with E-state index in [1.54, 1.807) is 7.11 Å². The zero-order valence-electron chi connectivity index (χ0n) is 7.42. The summed E-state index contributed by atoms with van der Waals surface area (Å²) in [6, 6.07) is 0. The molecule has 0 aromatic heterocycles. The molecule has 0 radical (unpaired) electrons. The molecule has 0 amide bonds. The van der Waals surface area contributed by atoms with Crippen LogP contribution in [0.1, 0.15) is 32.6 Å². The van der Waals surface area contributed by atoms with Crippen molar-refractivity contribution >= 4 is 12.6 Å². The van der Waals surface area contributed by atoms with E-state index < -0.39 is 0 Å². The van der Waals surface area contributed by atoms with Crippen LogP contribution in [0.2, 0.25) is 0 Å². The van der Waals surface area contributed by atoms with Crippen molar-refractivity contribution in [3.8, 4) is 0 Å². The van der Waals surface area contributed by atoms with Crippen LogP contribution in [0.3, 0.4) is 0 Å². The second-order valence-electron chi connectivity index (χ2n) is 3.43. The van der Waals surface area contributed by atoms with Gasteiger partial charge in [-0.25, -0.2) is 0 Å². The van der Waals surface area contributed by atoms with Crippen LogP contribution in [0.15, 0.2) is 0 Å². The average Bonchev–Trinajstić information content (AvgIpc) is 2.04. The van der Waals surface area contributed by atoms with Crippen molar-refractivity contribution in [3.05, 3.63) is 0 Å². The smallest absolute Gasteiger partial charge is 0.0687 e. The molecule has 1 saturated carbocycles. The van der Waals surface area contributed by atoms with E-state index in [4.69, 9.17) is 4.74 Å². The van der Waals surface area contributed by atoms with E-state index in [9.17, 15) is 0 Å². The Morgan fingerprint density at radius 1 is 1.45 bits per heavy atom. The second-order valence-corrected chi connectivity index (χ2v) is 4.09. The quantitative estimate of drug-likeness (QED) is 0.633. The summed E-state index contributed by atoms with van der Waals surface area (Å²) in [4.78, 5) is 0. The third kappa shape index (κ3) is 2.38. The molecule has 1 aliphatic carbocycles. The van der Waals surface area contributed by atoms with Crippen molar-refractivity contribution in [2.24, 2.45) is 5.92 Å². The van der Waals surface area contributed by atoms with Crippen molar-refractivity contribution in [1.82, 2.24) is 0 Å². The van der Waals surface area contributed by atoms with E-state index in [0.29, 0.717) is 11.4 Å². The minimum absolute atomic E-state index is 0.404. The SMILES string of the molecule is CCC1CCC(OC)C(S)C1. The molecule has 1 nitrogen and oxygen atoms in total. The highest BCUT2D eigenvalue weighted by molar-refractivity contribution is 7.81. The summed E-state index contributed by atoms with van der Waals surface area (Å²) < 4.78 is 5.32. The highest BCUT2D eigenvalue weighted by Crippen LogP contribution is 2.31. The molecule has 1 fully saturated rings. The summed E-state index contributed by atoms with van der Waals surface area (Å²) in [5, 5.41) is 0.471. The van der Waals surface area contributed by atoms with Crippen molar-refractivity contribution in [3.63, 3.8) is 0 Å². The summed E-state index contributed by atoms with van der Waals surface area (Å²) in [5.41, 5.74) is 0. The molecular weight excluding hydrogens is 156 g/mol. The third-order valence-electron chi connectivity index (χ3n) is 2.74. The van der Waals surface area contributed by atoms with Gasteiger partial charge in [0.1, 0.15) is 0 Å². The number of rotatable bonds is 2. The summed E-state index contributed by atoms with van der Waals surface area (Å²) in [7, 11) is 1.79. The maximum atomic E-state index is 5.32. The Balaban J connectivity index is 2.34. The third-order valence-corrected chi connectivity index (χ3v) is 3.29. The Bertz CT molecular complexity index is 116. The van der Waals surface area contributed by atoms with Crippen LogP contribution >= 0.6 is 12.6 Å². The molecular formula is C9H18OS. The molecule has 0 aliphatic heterocycles. The van der Waals surface area contributed by atoms with Crippen LogP contribution in [-0.4, -0.2) is 18.5 Å². The van der Waals surface area contributed by atoms with Gasteiger partial charge in [-0.3, -0.25) is 0 Å². The molecule has 0 spiro atoms. The molecule has 0 N–H and O–H groups in total. The lowest BCUT2D eigenvalue weighted by atomic mass is 9.85. The molecule has 1 aliphatic rings. The zero-order valence-corrected chi connectivity index (χ0v) is 8.31. The second kappa shape index (κ2) is 4.36. The lowest BCUT2D eigenvalue weighted by Crippen LogP contribution is -2.31. The molecule has 0 aromatic rings. The van der Waals surface area contributed by atoms with Crippen molar-refractivity contribution in [2.75, 3.05) is 7.11 Å². The first-order chi connectivity index (χ1) is 5.27. The summed E-state index contributed by atoms with van der Waals surface area (Å²) in [6.07, 6.45) is 5.46. The molecule has 3 atom stereocenters. The molecule has 0 aromatic carbocycles. The van der Waals surface area contributed by atoms with Gasteiger partial charge in [-0.1, -0.05) is 13.3 Å². The molecule has 1 rings (SSSR count). The van der Waals surface area contributed by atoms with E-state index in [1.165, 1.54) is 25.7 Å². The van der Waals surface area contributed by atoms with Gasteiger partial charge in [0, 0.05) is 12.4 Å². The molecule has 2 heteroatoms. The summed E-state index contributed by atoms with van der Waals surface area (Å²) >= 11 is 4.52. The predicted octanol–water partition coefficient (Wildman–Crippen LogP) is 2.51. The molecule has 3 unspecified atom stereocenters. The molecule has 0 heterocycles. The fourth-order valence-corrected chi connectivity index (χ4v) is 2.42. The van der Waals surface area contributed by atoms with Gasteiger partial charge in [0.2, 0.25) is 0 Å². The lowest BCUT2D eigenvalue weighted by molar-refractivity contribution is 0.0625. The minimum Gasteiger partial charge on any atom is -0.380 e. The Hall–Kier alpha value is 0.310. The fourth-order valence-electron chi connectivity index (χ4n) is 1.85. The standard InChI is InChI=1S/C9H18OS/c1-3-7-4-5-8(10-2)9(11)6-7/h7-9,11H,3-6H2,1-2H3. The minimum atomic E-state index is 0.404. The molecule has 11 heavy (non-hydrogen) atoms. The predicted molar refractivity (Wildman–Crippen MR) is 51.2 cm³/mol. The van der Waals surface area contributed by atoms with Crippen LogP contribution < -0.4 is 0 Å². The fraction of sp³-hybridized carbons (Fsp3) is 1.00. The maximum Gasteiger partial charge on any atom is 0.0687 e. The molecule has 0 saturated heterocycles. The average molecular weight is 174 g/mol. The Morgan fingerprint density at radius 3 is 2.64 bits per heavy atom. The molecule has 66 valence electrons. The Morgan fingerprint density at radius 2 is 2.18 bits per heavy atom. The van der Waals surface area contributed by atoms with Crippen molar-refractivity contribution < 1.29 is 4.74 Å². The van der Waals surface area contributed by atoms with Crippen LogP contribution in [0.25, 0.3) is 0 Å². The van der Waals surface area contributed by atoms with Gasteiger partial charge in [-0.15, -0.1) is 0 Å². The van der Waals surface area contributed by atoms with E-state index in [-0.39, 0.29) is 0 Å². The van der Waals surface area contributed by atoms with Gasteiger partial charge in [-0.2, -0.15) is 12.6 Å². The van der Waals surface area contributed by atoms with Gasteiger partial charge in [0.25, 0.3) is 0 Å². The van der Waals surface area contributed by atoms with Crippen LogP contribution in [-0.2, 0) is 4.74 Å². The van der Waals surface area contributed by atoms with E-state index in [1.807, 2.05) is 0 Å². The normalized spacial score (nSPS) is 39.0. The lowest BCUT2D eigenvalue weighted by Gasteiger charge is -2.31. The van der Waals surface area contributed by atoms with E-state index in [2.05, 4.69) is 19.6 Å². The highest BCUT2D eigenvalue weighted by atomic mass is 32.1. The van der Waals surface area contributed by atoms with E-state index >= 15 is 0 Å². The number of methoxy groups -OCH3 is 1. The number of hydrogen-bond acceptors (Lipinski definition) is 2. The van der Waals surface area contributed by atoms with Gasteiger partial charge < -0.3 is 4.74 Å². The van der Waals surface area contributed by atoms with Gasteiger partial charge in [0.15, 0.2) is 0 Å². The monoisotopic (exact) mass is 174 g/mol. The zero-order chi connectivity index (χ0) is 8.27. The van der Waals surface area contributed by atoms with Crippen molar-refractivity contribution in [2.45, 2.75) is 44.0 Å². The number of hydrogen-bond donors (Lipinski definition) is 1. The summed E-state index contributed by atoms with van der Waals surface area (Å²) in [6.45, 7) is 2.26. The van der Waals surface area contributed by atoms with Crippen molar-refractivity contribution in [1.29, 1.82) is 0 Å². The largest absolute Gasteiger partial charge is 0.380 e. The Labute approximate surface area is 74.9 Å².